The number of allylic oxidation sites excluding steroid dienone is 6. The molecule has 1 aliphatic heterocycles. The van der Waals surface area contributed by atoms with Gasteiger partial charge in [0.2, 0.25) is 0 Å². The molecule has 1 unspecified atom stereocenters. The summed E-state index contributed by atoms with van der Waals surface area (Å²) in [6, 6.07) is 5.19. The van der Waals surface area contributed by atoms with Crippen molar-refractivity contribution in [2.75, 3.05) is 0 Å². The maximum absolute atomic E-state index is 9.85. The number of fused-ring (bicyclic) bond motifs is 1. The van der Waals surface area contributed by atoms with Crippen LogP contribution in [0.5, 0.6) is 11.5 Å². The number of benzene rings is 1. The third-order valence-electron chi connectivity index (χ3n) is 4.10. The number of ether oxygens (including phenoxy) is 1. The molecule has 0 saturated carbocycles. The molecule has 1 N–H and O–H groups in total. The molecule has 0 aromatic heterocycles. The van der Waals surface area contributed by atoms with E-state index in [1.165, 1.54) is 0 Å². The van der Waals surface area contributed by atoms with Gasteiger partial charge in [0, 0.05) is 11.1 Å². The van der Waals surface area contributed by atoms with Crippen molar-refractivity contribution in [3.8, 4) is 11.5 Å². The Morgan fingerprint density at radius 2 is 2.00 bits per heavy atom. The Morgan fingerprint density at radius 1 is 1.25 bits per heavy atom. The molecule has 0 radical (unpaired) electrons. The van der Waals surface area contributed by atoms with E-state index < -0.39 is 0 Å². The molecule has 2 rings (SSSR count). The van der Waals surface area contributed by atoms with Crippen LogP contribution in [0.2, 0.25) is 0 Å². The highest BCUT2D eigenvalue weighted by molar-refractivity contribution is 5.80. The van der Waals surface area contributed by atoms with Gasteiger partial charge >= 0.3 is 0 Å². The highest BCUT2D eigenvalue weighted by atomic mass is 16.5. The van der Waals surface area contributed by atoms with Gasteiger partial charge in [0.25, 0.3) is 0 Å². The topological polar surface area (TPSA) is 29.5 Å². The molecule has 24 heavy (non-hydrogen) atoms. The zero-order valence-corrected chi connectivity index (χ0v) is 14.5. The molecule has 1 aromatic rings. The molecule has 1 heterocycles. The smallest absolute Gasteiger partial charge is 0.150 e. The second kappa shape index (κ2) is 7.69. The van der Waals surface area contributed by atoms with Crippen LogP contribution in [0.4, 0.5) is 0 Å². The molecule has 1 aromatic carbocycles. The van der Waals surface area contributed by atoms with E-state index in [0.29, 0.717) is 0 Å². The lowest BCUT2D eigenvalue weighted by atomic mass is 9.85. The fourth-order valence-electron chi connectivity index (χ4n) is 2.96. The Labute approximate surface area is 144 Å². The summed E-state index contributed by atoms with van der Waals surface area (Å²) in [5.74, 6) is 0.986. The SMILES string of the molecule is C=CC=C(C=C)C1Oc2ccc(O)cc2C(C)=C1C(C=CC)=CC. The van der Waals surface area contributed by atoms with Crippen molar-refractivity contribution in [3.63, 3.8) is 0 Å². The van der Waals surface area contributed by atoms with Crippen molar-refractivity contribution < 1.29 is 9.84 Å². The largest absolute Gasteiger partial charge is 0.508 e. The summed E-state index contributed by atoms with van der Waals surface area (Å²) in [7, 11) is 0. The molecule has 0 spiro atoms. The Bertz CT molecular complexity index is 773. The number of hydrogen-bond acceptors (Lipinski definition) is 2. The first-order valence-corrected chi connectivity index (χ1v) is 8.02. The minimum Gasteiger partial charge on any atom is -0.508 e. The average Bonchev–Trinajstić information content (AvgIpc) is 2.58. The second-order valence-corrected chi connectivity index (χ2v) is 5.57. The van der Waals surface area contributed by atoms with E-state index >= 15 is 0 Å². The normalized spacial score (nSPS) is 18.4. The average molecular weight is 320 g/mol. The van der Waals surface area contributed by atoms with Gasteiger partial charge in [-0.1, -0.05) is 49.6 Å². The number of hydrogen-bond donors (Lipinski definition) is 1. The van der Waals surface area contributed by atoms with Crippen LogP contribution in [0.1, 0.15) is 26.3 Å². The molecule has 0 amide bonds. The molecular weight excluding hydrogens is 296 g/mol. The van der Waals surface area contributed by atoms with Crippen molar-refractivity contribution >= 4 is 5.57 Å². The summed E-state index contributed by atoms with van der Waals surface area (Å²) < 4.78 is 6.27. The third-order valence-corrected chi connectivity index (χ3v) is 4.10. The van der Waals surface area contributed by atoms with Crippen molar-refractivity contribution in [2.45, 2.75) is 26.9 Å². The van der Waals surface area contributed by atoms with Gasteiger partial charge in [0.1, 0.15) is 17.6 Å². The van der Waals surface area contributed by atoms with Crippen LogP contribution in [-0.2, 0) is 0 Å². The van der Waals surface area contributed by atoms with Crippen LogP contribution in [0.25, 0.3) is 5.57 Å². The van der Waals surface area contributed by atoms with Crippen molar-refractivity contribution in [1.82, 2.24) is 0 Å². The third kappa shape index (κ3) is 3.28. The first-order chi connectivity index (χ1) is 11.6. The molecule has 2 heteroatoms. The van der Waals surface area contributed by atoms with Gasteiger partial charge in [-0.05, 0) is 55.7 Å². The summed E-state index contributed by atoms with van der Waals surface area (Å²) in [4.78, 5) is 0. The van der Waals surface area contributed by atoms with E-state index in [-0.39, 0.29) is 11.9 Å². The molecule has 0 fully saturated rings. The lowest BCUT2D eigenvalue weighted by Crippen LogP contribution is -2.27. The van der Waals surface area contributed by atoms with Gasteiger partial charge in [0.15, 0.2) is 0 Å². The van der Waals surface area contributed by atoms with E-state index in [1.54, 1.807) is 30.4 Å². The highest BCUT2D eigenvalue weighted by Crippen LogP contribution is 2.42. The van der Waals surface area contributed by atoms with E-state index in [2.05, 4.69) is 32.2 Å². The summed E-state index contributed by atoms with van der Waals surface area (Å²) in [5.41, 5.74) is 5.10. The predicted molar refractivity (Wildman–Crippen MR) is 102 cm³/mol. The summed E-state index contributed by atoms with van der Waals surface area (Å²) >= 11 is 0. The van der Waals surface area contributed by atoms with Gasteiger partial charge in [-0.25, -0.2) is 0 Å². The first kappa shape index (κ1) is 17.6. The first-order valence-electron chi connectivity index (χ1n) is 8.02. The summed E-state index contributed by atoms with van der Waals surface area (Å²) in [5, 5.41) is 9.85. The van der Waals surface area contributed by atoms with Gasteiger partial charge in [0.05, 0.1) is 0 Å². The van der Waals surface area contributed by atoms with Crippen LogP contribution in [0.3, 0.4) is 0 Å². The Balaban J connectivity index is 2.75. The molecule has 124 valence electrons. The van der Waals surface area contributed by atoms with Crippen LogP contribution in [0, 0.1) is 0 Å². The molecule has 1 atom stereocenters. The Kier molecular flexibility index (Phi) is 5.64. The molecular formula is C22H24O2. The minimum atomic E-state index is -0.264. The second-order valence-electron chi connectivity index (χ2n) is 5.57. The standard InChI is InChI=1S/C22H24O2/c1-6-10-16(8-3)21-15(5)19-14-18(23)12-13-20(19)24-22(21)17(9-4)11-7-2/h6-14,22-23H,2,4H2,1,3,5H3. The van der Waals surface area contributed by atoms with E-state index in [9.17, 15) is 5.11 Å². The summed E-state index contributed by atoms with van der Waals surface area (Å²) in [6.45, 7) is 13.8. The zero-order valence-electron chi connectivity index (χ0n) is 14.5. The predicted octanol–water partition coefficient (Wildman–Crippen LogP) is 5.75. The van der Waals surface area contributed by atoms with Gasteiger partial charge < -0.3 is 9.84 Å². The van der Waals surface area contributed by atoms with Gasteiger partial charge in [-0.15, -0.1) is 0 Å². The number of aromatic hydroxyl groups is 1. The van der Waals surface area contributed by atoms with Gasteiger partial charge in [-0.3, -0.25) is 0 Å². The minimum absolute atomic E-state index is 0.230. The van der Waals surface area contributed by atoms with E-state index in [1.807, 2.05) is 26.0 Å². The quantitative estimate of drug-likeness (QED) is 0.700. The fourth-order valence-corrected chi connectivity index (χ4v) is 2.96. The number of phenols is 1. The molecule has 0 bridgehead atoms. The van der Waals surface area contributed by atoms with Crippen molar-refractivity contribution in [2.24, 2.45) is 0 Å². The Morgan fingerprint density at radius 3 is 2.58 bits per heavy atom. The molecule has 1 aliphatic rings. The monoisotopic (exact) mass is 320 g/mol. The fraction of sp³-hybridized carbons (Fsp3) is 0.182. The van der Waals surface area contributed by atoms with Gasteiger partial charge in [-0.2, -0.15) is 0 Å². The number of rotatable bonds is 5. The highest BCUT2D eigenvalue weighted by Gasteiger charge is 2.29. The van der Waals surface area contributed by atoms with Crippen LogP contribution in [0.15, 0.2) is 84.5 Å². The zero-order chi connectivity index (χ0) is 17.7. The van der Waals surface area contributed by atoms with E-state index in [4.69, 9.17) is 4.74 Å². The maximum atomic E-state index is 9.85. The van der Waals surface area contributed by atoms with Crippen molar-refractivity contribution in [3.05, 3.63) is 90.1 Å². The van der Waals surface area contributed by atoms with Crippen LogP contribution >= 0.6 is 0 Å². The van der Waals surface area contributed by atoms with Crippen LogP contribution in [-0.4, -0.2) is 11.2 Å². The summed E-state index contributed by atoms with van der Waals surface area (Å²) in [6.07, 6.45) is 11.3. The Hall–Kier alpha value is -2.74. The number of phenolic OH excluding ortho intramolecular Hbond substituents is 1. The lowest BCUT2D eigenvalue weighted by Gasteiger charge is -2.32. The molecule has 0 aliphatic carbocycles. The maximum Gasteiger partial charge on any atom is 0.150 e. The van der Waals surface area contributed by atoms with Crippen LogP contribution < -0.4 is 4.74 Å². The van der Waals surface area contributed by atoms with E-state index in [0.717, 1.165) is 33.6 Å². The molecule has 2 nitrogen and oxygen atoms in total. The lowest BCUT2D eigenvalue weighted by molar-refractivity contribution is 0.272. The molecule has 0 saturated heterocycles. The van der Waals surface area contributed by atoms with Crippen molar-refractivity contribution in [1.29, 1.82) is 0 Å².